The molecule has 2 aliphatic heterocycles. The van der Waals surface area contributed by atoms with Gasteiger partial charge in [0.15, 0.2) is 0 Å². The molecule has 2 saturated carbocycles. The Labute approximate surface area is 246 Å². The molecule has 4 atom stereocenters. The Morgan fingerprint density at radius 2 is 1.02 bits per heavy atom. The summed E-state index contributed by atoms with van der Waals surface area (Å²) in [4.78, 5) is 26.9. The molecule has 228 valence electrons. The van der Waals surface area contributed by atoms with Gasteiger partial charge in [0.25, 0.3) is 0 Å². The summed E-state index contributed by atoms with van der Waals surface area (Å²) in [6.45, 7) is 1.82. The van der Waals surface area contributed by atoms with E-state index in [9.17, 15) is 18.4 Å². The quantitative estimate of drug-likeness (QED) is 0.456. The summed E-state index contributed by atoms with van der Waals surface area (Å²) in [5.74, 6) is 0. The predicted molar refractivity (Wildman–Crippen MR) is 155 cm³/mol. The molecular weight excluding hydrogens is 542 g/mol. The molecule has 0 aromatic heterocycles. The number of hydrogen-bond acceptors (Lipinski definition) is 6. The molecule has 0 spiro atoms. The summed E-state index contributed by atoms with van der Waals surface area (Å²) in [6, 6.07) is 19.8. The second kappa shape index (κ2) is 14.8. The number of likely N-dealkylation sites (tertiary alicyclic amines) is 2. The van der Waals surface area contributed by atoms with Gasteiger partial charge in [0.05, 0.1) is 13.1 Å². The Hall–Kier alpha value is -3.24. The number of piperidine rings is 2. The summed E-state index contributed by atoms with van der Waals surface area (Å²) < 4.78 is 38.7. The molecule has 2 heterocycles. The van der Waals surface area contributed by atoms with E-state index in [0.717, 1.165) is 36.8 Å². The number of ether oxygens (including phenoxy) is 2. The van der Waals surface area contributed by atoms with E-state index >= 15 is 0 Å². The zero-order chi connectivity index (χ0) is 29.3. The fourth-order valence-corrected chi connectivity index (χ4v) is 5.24. The average molecular weight is 585 g/mol. The van der Waals surface area contributed by atoms with Gasteiger partial charge in [-0.05, 0) is 49.7 Å². The van der Waals surface area contributed by atoms with Gasteiger partial charge in [0, 0.05) is 37.3 Å². The molecule has 10 heteroatoms. The van der Waals surface area contributed by atoms with Crippen molar-refractivity contribution < 1.29 is 27.8 Å². The van der Waals surface area contributed by atoms with Gasteiger partial charge in [0.2, 0.25) is 0 Å². The second-order valence-electron chi connectivity index (χ2n) is 11.7. The third-order valence-corrected chi connectivity index (χ3v) is 8.06. The van der Waals surface area contributed by atoms with E-state index in [1.54, 1.807) is 0 Å². The molecule has 4 aliphatic rings. The van der Waals surface area contributed by atoms with E-state index in [1.165, 1.54) is 9.80 Å². The maximum Gasteiger partial charge on any atom is 0.410 e. The van der Waals surface area contributed by atoms with Gasteiger partial charge in [0.1, 0.15) is 25.6 Å². The maximum absolute atomic E-state index is 14.1. The first kappa shape index (κ1) is 30.2. The molecular formula is C32H42F2N4O4. The van der Waals surface area contributed by atoms with Gasteiger partial charge in [-0.25, -0.2) is 18.4 Å². The summed E-state index contributed by atoms with van der Waals surface area (Å²) in [6.07, 6.45) is 3.01. The number of nitrogens with zero attached hydrogens (tertiary/aromatic N) is 2. The minimum absolute atomic E-state index is 0.115. The summed E-state index contributed by atoms with van der Waals surface area (Å²) in [7, 11) is 0. The van der Waals surface area contributed by atoms with E-state index in [0.29, 0.717) is 38.0 Å². The van der Waals surface area contributed by atoms with Crippen LogP contribution in [0.4, 0.5) is 18.4 Å². The Kier molecular flexibility index (Phi) is 10.6. The van der Waals surface area contributed by atoms with Gasteiger partial charge >= 0.3 is 12.2 Å². The minimum atomic E-state index is -1.01. The van der Waals surface area contributed by atoms with Crippen LogP contribution in [0.15, 0.2) is 60.7 Å². The Morgan fingerprint density at radius 1 is 0.643 bits per heavy atom. The fourth-order valence-electron chi connectivity index (χ4n) is 5.24. The van der Waals surface area contributed by atoms with E-state index in [1.807, 2.05) is 60.7 Å². The average Bonchev–Trinajstić information content (AvgIpc) is 3.95. The lowest BCUT2D eigenvalue weighted by Crippen LogP contribution is -2.53. The topological polar surface area (TPSA) is 83.1 Å². The van der Waals surface area contributed by atoms with Crippen LogP contribution in [0.5, 0.6) is 0 Å². The van der Waals surface area contributed by atoms with Crippen LogP contribution < -0.4 is 10.6 Å². The van der Waals surface area contributed by atoms with Crippen molar-refractivity contribution in [1.82, 2.24) is 20.4 Å². The van der Waals surface area contributed by atoms with Crippen molar-refractivity contribution in [2.45, 2.75) is 88.2 Å². The lowest BCUT2D eigenvalue weighted by Gasteiger charge is -2.34. The second-order valence-corrected chi connectivity index (χ2v) is 11.7. The third kappa shape index (κ3) is 9.39. The number of nitrogens with one attached hydrogen (secondary N) is 2. The van der Waals surface area contributed by atoms with Crippen LogP contribution in [0.25, 0.3) is 0 Å². The molecule has 0 bridgehead atoms. The lowest BCUT2D eigenvalue weighted by molar-refractivity contribution is 0.0599. The molecule has 2 amide bonds. The monoisotopic (exact) mass is 584 g/mol. The van der Waals surface area contributed by atoms with Crippen molar-refractivity contribution in [3.63, 3.8) is 0 Å². The number of halogens is 2. The lowest BCUT2D eigenvalue weighted by atomic mass is 10.0. The molecule has 2 saturated heterocycles. The van der Waals surface area contributed by atoms with Crippen LogP contribution in [-0.2, 0) is 22.7 Å². The first-order chi connectivity index (χ1) is 20.4. The van der Waals surface area contributed by atoms with Crippen molar-refractivity contribution in [1.29, 1.82) is 0 Å². The molecule has 2 aliphatic carbocycles. The number of benzene rings is 2. The first-order valence-electron chi connectivity index (χ1n) is 15.2. The van der Waals surface area contributed by atoms with E-state index in [-0.39, 0.29) is 38.4 Å². The fraction of sp³-hybridized carbons (Fsp3) is 0.562. The zero-order valence-corrected chi connectivity index (χ0v) is 24.0. The number of hydrogen-bond donors (Lipinski definition) is 2. The highest BCUT2D eigenvalue weighted by Gasteiger charge is 2.36. The largest absolute Gasteiger partial charge is 0.445 e. The summed E-state index contributed by atoms with van der Waals surface area (Å²) in [5, 5.41) is 6.61. The molecule has 42 heavy (non-hydrogen) atoms. The number of rotatable bonds is 8. The van der Waals surface area contributed by atoms with Crippen LogP contribution >= 0.6 is 0 Å². The third-order valence-electron chi connectivity index (χ3n) is 8.06. The first-order valence-corrected chi connectivity index (χ1v) is 15.2. The van der Waals surface area contributed by atoms with E-state index in [4.69, 9.17) is 9.47 Å². The van der Waals surface area contributed by atoms with Gasteiger partial charge in [-0.3, -0.25) is 0 Å². The Balaban J connectivity index is 0.000000168. The Morgan fingerprint density at radius 3 is 1.36 bits per heavy atom. The molecule has 6 rings (SSSR count). The molecule has 2 aromatic rings. The highest BCUT2D eigenvalue weighted by Crippen LogP contribution is 2.25. The van der Waals surface area contributed by atoms with Gasteiger partial charge in [-0.2, -0.15) is 0 Å². The number of alkyl halides is 2. The highest BCUT2D eigenvalue weighted by atomic mass is 19.1. The normalized spacial score (nSPS) is 25.7. The van der Waals surface area contributed by atoms with Crippen LogP contribution in [0.1, 0.15) is 49.7 Å². The van der Waals surface area contributed by atoms with Crippen LogP contribution in [0.2, 0.25) is 0 Å². The van der Waals surface area contributed by atoms with Crippen LogP contribution in [0, 0.1) is 0 Å². The molecule has 0 radical (unpaired) electrons. The standard InChI is InChI=1S/2C16H21FN2O2/c2*17-14-10-19(9-8-15(14)18-13-6-7-13)16(20)21-11-12-4-2-1-3-5-12/h2*1-5,13-15,18H,6-11H2/t2*14-,15+/m10/s1. The van der Waals surface area contributed by atoms with E-state index in [2.05, 4.69) is 10.6 Å². The molecule has 8 nitrogen and oxygen atoms in total. The number of carbonyl (C=O) groups is 2. The predicted octanol–water partition coefficient (Wildman–Crippen LogP) is 4.98. The summed E-state index contributed by atoms with van der Waals surface area (Å²) >= 11 is 0. The van der Waals surface area contributed by atoms with Crippen molar-refractivity contribution in [2.75, 3.05) is 26.2 Å². The van der Waals surface area contributed by atoms with Crippen molar-refractivity contribution in [3.8, 4) is 0 Å². The van der Waals surface area contributed by atoms with Crippen LogP contribution in [0.3, 0.4) is 0 Å². The maximum atomic E-state index is 14.1. The van der Waals surface area contributed by atoms with Crippen molar-refractivity contribution in [2.24, 2.45) is 0 Å². The Bertz CT molecular complexity index is 1050. The minimum Gasteiger partial charge on any atom is -0.445 e. The van der Waals surface area contributed by atoms with Crippen molar-refractivity contribution in [3.05, 3.63) is 71.8 Å². The molecule has 2 aromatic carbocycles. The molecule has 2 N–H and O–H groups in total. The number of carbonyl (C=O) groups excluding carboxylic acids is 2. The van der Waals surface area contributed by atoms with Gasteiger partial charge in [-0.1, -0.05) is 60.7 Å². The summed E-state index contributed by atoms with van der Waals surface area (Å²) in [5.41, 5.74) is 1.88. The number of amides is 2. The van der Waals surface area contributed by atoms with E-state index < -0.39 is 24.5 Å². The van der Waals surface area contributed by atoms with Crippen LogP contribution in [-0.4, -0.2) is 84.7 Å². The smallest absolute Gasteiger partial charge is 0.410 e. The SMILES string of the molecule is O=C(OCc1ccccc1)N1CC[C@@H](NC2CC2)[C@@H](F)C1.O=C(OCc1ccccc1)N1CC[C@H](NC2CC2)[C@H](F)C1. The van der Waals surface area contributed by atoms with Gasteiger partial charge in [-0.15, -0.1) is 0 Å². The zero-order valence-electron chi connectivity index (χ0n) is 24.0. The highest BCUT2D eigenvalue weighted by molar-refractivity contribution is 5.68. The van der Waals surface area contributed by atoms with Crippen molar-refractivity contribution >= 4 is 12.2 Å². The molecule has 0 unspecified atom stereocenters. The van der Waals surface area contributed by atoms with Gasteiger partial charge < -0.3 is 29.9 Å². The molecule has 4 fully saturated rings.